The Bertz CT molecular complexity index is 732. The number of hydrogen-bond donors (Lipinski definition) is 1. The summed E-state index contributed by atoms with van der Waals surface area (Å²) in [6.45, 7) is 1.15. The SMILES string of the molecule is Cl.N[C@@H]1CCN(C(=O)C(Sc2ccc(F)c(F)c2)c2ccccc2)C1. The number of rotatable bonds is 4. The zero-order valence-corrected chi connectivity index (χ0v) is 15.0. The highest BCUT2D eigenvalue weighted by molar-refractivity contribution is 8.00. The van der Waals surface area contributed by atoms with E-state index in [1.54, 1.807) is 4.90 Å². The van der Waals surface area contributed by atoms with Crippen molar-refractivity contribution in [1.82, 2.24) is 4.90 Å². The molecule has 2 N–H and O–H groups in total. The van der Waals surface area contributed by atoms with E-state index in [1.807, 2.05) is 30.3 Å². The maximum absolute atomic E-state index is 13.5. The lowest BCUT2D eigenvalue weighted by atomic mass is 10.1. The number of amides is 1. The zero-order chi connectivity index (χ0) is 17.1. The Labute approximate surface area is 156 Å². The molecule has 1 fully saturated rings. The van der Waals surface area contributed by atoms with Gasteiger partial charge in [0.2, 0.25) is 5.91 Å². The standard InChI is InChI=1S/C18H18F2N2OS.ClH/c19-15-7-6-14(10-16(15)20)24-17(12-4-2-1-3-5-12)18(23)22-9-8-13(21)11-22;/h1-7,10,13,17H,8-9,11,21H2;1H/t13-,17?;/m1./s1. The molecular formula is C18H19ClF2N2OS. The Kier molecular flexibility index (Phi) is 6.81. The van der Waals surface area contributed by atoms with Gasteiger partial charge in [0.25, 0.3) is 0 Å². The second-order valence-corrected chi connectivity index (χ2v) is 7.00. The first-order valence-electron chi connectivity index (χ1n) is 7.75. The van der Waals surface area contributed by atoms with E-state index < -0.39 is 16.9 Å². The van der Waals surface area contributed by atoms with Crippen molar-refractivity contribution in [3.63, 3.8) is 0 Å². The molecule has 0 aliphatic carbocycles. The van der Waals surface area contributed by atoms with Gasteiger partial charge in [0, 0.05) is 24.0 Å². The number of carbonyl (C=O) groups excluding carboxylic acids is 1. The van der Waals surface area contributed by atoms with Gasteiger partial charge in [0.1, 0.15) is 5.25 Å². The minimum absolute atomic E-state index is 0. The largest absolute Gasteiger partial charge is 0.340 e. The van der Waals surface area contributed by atoms with E-state index in [0.717, 1.165) is 24.1 Å². The topological polar surface area (TPSA) is 46.3 Å². The number of benzene rings is 2. The van der Waals surface area contributed by atoms with Gasteiger partial charge in [-0.1, -0.05) is 30.3 Å². The maximum atomic E-state index is 13.5. The number of thioether (sulfide) groups is 1. The van der Waals surface area contributed by atoms with Gasteiger partial charge in [-0.05, 0) is 30.2 Å². The summed E-state index contributed by atoms with van der Waals surface area (Å²) >= 11 is 1.22. The Morgan fingerprint density at radius 1 is 1.16 bits per heavy atom. The molecule has 1 aliphatic rings. The number of hydrogen-bond acceptors (Lipinski definition) is 3. The van der Waals surface area contributed by atoms with Crippen LogP contribution in [0.2, 0.25) is 0 Å². The van der Waals surface area contributed by atoms with Crippen molar-refractivity contribution in [3.8, 4) is 0 Å². The highest BCUT2D eigenvalue weighted by Gasteiger charge is 2.31. The number of halogens is 3. The van der Waals surface area contributed by atoms with E-state index >= 15 is 0 Å². The Balaban J connectivity index is 0.00000225. The summed E-state index contributed by atoms with van der Waals surface area (Å²) in [6, 6.07) is 13.0. The molecule has 2 atom stereocenters. The molecule has 25 heavy (non-hydrogen) atoms. The molecule has 1 aliphatic heterocycles. The van der Waals surface area contributed by atoms with Crippen LogP contribution in [-0.2, 0) is 4.79 Å². The summed E-state index contributed by atoms with van der Waals surface area (Å²) in [5.41, 5.74) is 6.73. The van der Waals surface area contributed by atoms with Crippen LogP contribution in [0.25, 0.3) is 0 Å². The van der Waals surface area contributed by atoms with Crippen molar-refractivity contribution in [2.75, 3.05) is 13.1 Å². The molecule has 2 aromatic rings. The van der Waals surface area contributed by atoms with Crippen molar-refractivity contribution in [1.29, 1.82) is 0 Å². The van der Waals surface area contributed by atoms with E-state index in [-0.39, 0.29) is 24.4 Å². The molecule has 0 radical (unpaired) electrons. The third-order valence-electron chi connectivity index (χ3n) is 4.01. The van der Waals surface area contributed by atoms with Crippen LogP contribution >= 0.6 is 24.2 Å². The summed E-state index contributed by atoms with van der Waals surface area (Å²) in [4.78, 5) is 15.2. The van der Waals surface area contributed by atoms with E-state index in [0.29, 0.717) is 18.0 Å². The predicted molar refractivity (Wildman–Crippen MR) is 97.8 cm³/mol. The lowest BCUT2D eigenvalue weighted by molar-refractivity contribution is -0.129. The molecule has 3 nitrogen and oxygen atoms in total. The molecule has 7 heteroatoms. The van der Waals surface area contributed by atoms with Crippen molar-refractivity contribution in [2.45, 2.75) is 22.6 Å². The summed E-state index contributed by atoms with van der Waals surface area (Å²) in [7, 11) is 0. The molecule has 0 spiro atoms. The molecule has 0 bridgehead atoms. The number of nitrogens with two attached hydrogens (primary N) is 1. The maximum Gasteiger partial charge on any atom is 0.240 e. The zero-order valence-electron chi connectivity index (χ0n) is 13.4. The number of likely N-dealkylation sites (tertiary alicyclic amines) is 1. The quantitative estimate of drug-likeness (QED) is 0.816. The van der Waals surface area contributed by atoms with Gasteiger partial charge in [-0.25, -0.2) is 8.78 Å². The van der Waals surface area contributed by atoms with E-state index in [9.17, 15) is 13.6 Å². The molecular weight excluding hydrogens is 366 g/mol. The fourth-order valence-electron chi connectivity index (χ4n) is 2.73. The van der Waals surface area contributed by atoms with E-state index in [2.05, 4.69) is 0 Å². The fraction of sp³-hybridized carbons (Fsp3) is 0.278. The van der Waals surface area contributed by atoms with Crippen molar-refractivity contribution >= 4 is 30.1 Å². The lowest BCUT2D eigenvalue weighted by Crippen LogP contribution is -2.34. The second kappa shape index (κ2) is 8.65. The summed E-state index contributed by atoms with van der Waals surface area (Å²) in [5, 5.41) is -0.513. The van der Waals surface area contributed by atoms with Crippen molar-refractivity contribution in [2.24, 2.45) is 5.73 Å². The van der Waals surface area contributed by atoms with Crippen LogP contribution in [-0.4, -0.2) is 29.9 Å². The van der Waals surface area contributed by atoms with Crippen LogP contribution in [0.3, 0.4) is 0 Å². The highest BCUT2D eigenvalue weighted by atomic mass is 35.5. The number of nitrogens with zero attached hydrogens (tertiary/aromatic N) is 1. The van der Waals surface area contributed by atoms with Crippen LogP contribution in [0.5, 0.6) is 0 Å². The van der Waals surface area contributed by atoms with Crippen LogP contribution in [0.15, 0.2) is 53.4 Å². The van der Waals surface area contributed by atoms with Crippen molar-refractivity contribution < 1.29 is 13.6 Å². The third kappa shape index (κ3) is 4.71. The molecule has 1 amide bonds. The fourth-order valence-corrected chi connectivity index (χ4v) is 3.86. The van der Waals surface area contributed by atoms with Crippen molar-refractivity contribution in [3.05, 3.63) is 65.7 Å². The minimum Gasteiger partial charge on any atom is -0.340 e. The van der Waals surface area contributed by atoms with Gasteiger partial charge >= 0.3 is 0 Å². The first-order chi connectivity index (χ1) is 11.5. The minimum atomic E-state index is -0.914. The van der Waals surface area contributed by atoms with Gasteiger partial charge in [0.15, 0.2) is 11.6 Å². The van der Waals surface area contributed by atoms with E-state index in [4.69, 9.17) is 5.73 Å². The van der Waals surface area contributed by atoms with Crippen LogP contribution in [0.1, 0.15) is 17.2 Å². The lowest BCUT2D eigenvalue weighted by Gasteiger charge is -2.23. The average Bonchev–Trinajstić information content (AvgIpc) is 3.02. The molecule has 0 saturated carbocycles. The molecule has 2 aromatic carbocycles. The van der Waals surface area contributed by atoms with Gasteiger partial charge in [-0.2, -0.15) is 0 Å². The predicted octanol–water partition coefficient (Wildman–Crippen LogP) is 3.78. The van der Waals surface area contributed by atoms with Gasteiger partial charge in [-0.3, -0.25) is 4.79 Å². The normalized spacial score (nSPS) is 17.9. The first kappa shape index (κ1) is 19.7. The van der Waals surface area contributed by atoms with Crippen LogP contribution in [0.4, 0.5) is 8.78 Å². The Morgan fingerprint density at radius 2 is 1.88 bits per heavy atom. The van der Waals surface area contributed by atoms with Crippen LogP contribution < -0.4 is 5.73 Å². The van der Waals surface area contributed by atoms with Gasteiger partial charge in [-0.15, -0.1) is 24.2 Å². The summed E-state index contributed by atoms with van der Waals surface area (Å²) in [6.07, 6.45) is 0.781. The molecule has 3 rings (SSSR count). The molecule has 134 valence electrons. The smallest absolute Gasteiger partial charge is 0.240 e. The molecule has 1 unspecified atom stereocenters. The summed E-state index contributed by atoms with van der Waals surface area (Å²) < 4.78 is 26.6. The first-order valence-corrected chi connectivity index (χ1v) is 8.63. The second-order valence-electron chi connectivity index (χ2n) is 5.82. The summed E-state index contributed by atoms with van der Waals surface area (Å²) in [5.74, 6) is -1.86. The number of carbonyl (C=O) groups is 1. The molecule has 1 saturated heterocycles. The highest BCUT2D eigenvalue weighted by Crippen LogP contribution is 2.37. The Morgan fingerprint density at radius 3 is 2.48 bits per heavy atom. The van der Waals surface area contributed by atoms with Gasteiger partial charge < -0.3 is 10.6 Å². The van der Waals surface area contributed by atoms with Gasteiger partial charge in [0.05, 0.1) is 0 Å². The third-order valence-corrected chi connectivity index (χ3v) is 5.24. The monoisotopic (exact) mass is 384 g/mol. The van der Waals surface area contributed by atoms with E-state index in [1.165, 1.54) is 17.8 Å². The molecule has 0 aromatic heterocycles. The Hall–Kier alpha value is -1.63. The molecule has 1 heterocycles. The van der Waals surface area contributed by atoms with Crippen LogP contribution in [0, 0.1) is 11.6 Å². The average molecular weight is 385 g/mol.